The van der Waals surface area contributed by atoms with Crippen LogP contribution >= 0.6 is 0 Å². The van der Waals surface area contributed by atoms with E-state index < -0.39 is 23.8 Å². The number of aryl methyl sites for hydroxylation is 2. The van der Waals surface area contributed by atoms with Crippen molar-refractivity contribution in [2.45, 2.75) is 26.8 Å². The molecule has 1 aliphatic heterocycles. The summed E-state index contributed by atoms with van der Waals surface area (Å²) in [6.07, 6.45) is 0.386. The highest BCUT2D eigenvalue weighted by atomic mass is 16.4. The molecule has 1 aliphatic rings. The number of benzene rings is 1. The van der Waals surface area contributed by atoms with Gasteiger partial charge >= 0.3 is 11.9 Å². The van der Waals surface area contributed by atoms with Crippen LogP contribution in [0.4, 0.5) is 0 Å². The van der Waals surface area contributed by atoms with Gasteiger partial charge in [0.1, 0.15) is 0 Å². The molecule has 0 aliphatic carbocycles. The molecular weight excluding hydrogens is 270 g/mol. The molecule has 5 nitrogen and oxygen atoms in total. The number of hydrogen-bond donors (Lipinski definition) is 2. The summed E-state index contributed by atoms with van der Waals surface area (Å²) in [4.78, 5) is 24.5. The van der Waals surface area contributed by atoms with E-state index in [0.717, 1.165) is 5.56 Å². The van der Waals surface area contributed by atoms with Crippen LogP contribution in [0, 0.1) is 25.7 Å². The number of carboxylic acid groups (broad SMARTS) is 2. The van der Waals surface area contributed by atoms with Crippen molar-refractivity contribution in [3.63, 3.8) is 0 Å². The molecule has 2 atom stereocenters. The van der Waals surface area contributed by atoms with Gasteiger partial charge in [0.25, 0.3) is 0 Å². The van der Waals surface area contributed by atoms with E-state index in [-0.39, 0.29) is 0 Å². The van der Waals surface area contributed by atoms with Crippen molar-refractivity contribution in [3.05, 3.63) is 34.9 Å². The van der Waals surface area contributed by atoms with Gasteiger partial charge in [0, 0.05) is 13.1 Å². The molecule has 1 aromatic rings. The Morgan fingerprint density at radius 1 is 1.10 bits per heavy atom. The van der Waals surface area contributed by atoms with E-state index in [1.807, 2.05) is 18.7 Å². The van der Waals surface area contributed by atoms with Gasteiger partial charge in [-0.1, -0.05) is 29.3 Å². The molecule has 1 saturated heterocycles. The van der Waals surface area contributed by atoms with Gasteiger partial charge in [-0.3, -0.25) is 14.5 Å². The summed E-state index contributed by atoms with van der Waals surface area (Å²) in [6.45, 7) is 5.64. The SMILES string of the molecule is Cc1cc(C)cc(CN2CCC(C(=O)O)C(C(=O)O)C2)c1. The predicted molar refractivity (Wildman–Crippen MR) is 78.1 cm³/mol. The maximum absolute atomic E-state index is 11.3. The Hall–Kier alpha value is -1.88. The second-order valence-corrected chi connectivity index (χ2v) is 5.91. The summed E-state index contributed by atoms with van der Waals surface area (Å²) < 4.78 is 0. The lowest BCUT2D eigenvalue weighted by atomic mass is 9.85. The van der Waals surface area contributed by atoms with E-state index >= 15 is 0 Å². The van der Waals surface area contributed by atoms with Crippen molar-refractivity contribution in [2.75, 3.05) is 13.1 Å². The van der Waals surface area contributed by atoms with E-state index in [0.29, 0.717) is 26.1 Å². The zero-order chi connectivity index (χ0) is 15.6. The Balaban J connectivity index is 2.09. The van der Waals surface area contributed by atoms with Crippen LogP contribution in [0.15, 0.2) is 18.2 Å². The molecule has 0 radical (unpaired) electrons. The Morgan fingerprint density at radius 2 is 1.67 bits per heavy atom. The minimum atomic E-state index is -1.02. The number of aliphatic carboxylic acids is 2. The first-order valence-electron chi connectivity index (χ1n) is 7.12. The molecule has 0 spiro atoms. The first-order valence-corrected chi connectivity index (χ1v) is 7.12. The van der Waals surface area contributed by atoms with E-state index in [1.165, 1.54) is 11.1 Å². The minimum absolute atomic E-state index is 0.291. The van der Waals surface area contributed by atoms with Gasteiger partial charge in [0.15, 0.2) is 0 Å². The molecule has 0 amide bonds. The smallest absolute Gasteiger partial charge is 0.308 e. The molecule has 5 heteroatoms. The van der Waals surface area contributed by atoms with Crippen molar-refractivity contribution in [1.29, 1.82) is 0 Å². The average Bonchev–Trinajstić information content (AvgIpc) is 2.36. The van der Waals surface area contributed by atoms with Gasteiger partial charge in [-0.15, -0.1) is 0 Å². The Kier molecular flexibility index (Phi) is 4.63. The lowest BCUT2D eigenvalue weighted by molar-refractivity contribution is -0.157. The van der Waals surface area contributed by atoms with Gasteiger partial charge in [0.2, 0.25) is 0 Å². The summed E-state index contributed by atoms with van der Waals surface area (Å²) >= 11 is 0. The van der Waals surface area contributed by atoms with Crippen LogP contribution in [0.5, 0.6) is 0 Å². The maximum Gasteiger partial charge on any atom is 0.308 e. The van der Waals surface area contributed by atoms with Crippen LogP contribution in [0.25, 0.3) is 0 Å². The van der Waals surface area contributed by atoms with Crippen LogP contribution in [0.2, 0.25) is 0 Å². The second-order valence-electron chi connectivity index (χ2n) is 5.91. The predicted octanol–water partition coefficient (Wildman–Crippen LogP) is 1.91. The van der Waals surface area contributed by atoms with Crippen LogP contribution in [0.1, 0.15) is 23.1 Å². The molecule has 1 fully saturated rings. The van der Waals surface area contributed by atoms with Gasteiger partial charge in [-0.05, 0) is 32.4 Å². The molecule has 0 saturated carbocycles. The number of carboxylic acids is 2. The van der Waals surface area contributed by atoms with Gasteiger partial charge < -0.3 is 10.2 Å². The van der Waals surface area contributed by atoms with Crippen molar-refractivity contribution in [2.24, 2.45) is 11.8 Å². The summed E-state index contributed by atoms with van der Waals surface area (Å²) in [7, 11) is 0. The number of nitrogens with zero attached hydrogens (tertiary/aromatic N) is 1. The molecule has 1 aromatic carbocycles. The Labute approximate surface area is 124 Å². The van der Waals surface area contributed by atoms with E-state index in [1.54, 1.807) is 0 Å². The fourth-order valence-electron chi connectivity index (χ4n) is 3.13. The van der Waals surface area contributed by atoms with Crippen molar-refractivity contribution in [1.82, 2.24) is 4.90 Å². The molecule has 114 valence electrons. The molecule has 0 bridgehead atoms. The molecule has 2 unspecified atom stereocenters. The summed E-state index contributed by atoms with van der Waals surface area (Å²) in [5.74, 6) is -3.64. The number of hydrogen-bond acceptors (Lipinski definition) is 3. The minimum Gasteiger partial charge on any atom is -0.481 e. The molecular formula is C16H21NO4. The molecule has 21 heavy (non-hydrogen) atoms. The Bertz CT molecular complexity index is 535. The lowest BCUT2D eigenvalue weighted by Crippen LogP contribution is -2.46. The topological polar surface area (TPSA) is 77.8 Å². The number of rotatable bonds is 4. The van der Waals surface area contributed by atoms with Crippen LogP contribution in [-0.2, 0) is 16.1 Å². The summed E-state index contributed by atoms with van der Waals surface area (Å²) in [6, 6.07) is 6.28. The highest BCUT2D eigenvalue weighted by Crippen LogP contribution is 2.25. The van der Waals surface area contributed by atoms with Gasteiger partial charge in [-0.25, -0.2) is 0 Å². The third-order valence-electron chi connectivity index (χ3n) is 4.02. The first kappa shape index (κ1) is 15.5. The zero-order valence-electron chi connectivity index (χ0n) is 12.4. The van der Waals surface area contributed by atoms with E-state index in [2.05, 4.69) is 18.2 Å². The van der Waals surface area contributed by atoms with Crippen LogP contribution in [-0.4, -0.2) is 40.1 Å². The largest absolute Gasteiger partial charge is 0.481 e. The second kappa shape index (κ2) is 6.26. The first-order chi connectivity index (χ1) is 9.86. The lowest BCUT2D eigenvalue weighted by Gasteiger charge is -2.34. The molecule has 0 aromatic heterocycles. The molecule has 1 heterocycles. The standard InChI is InChI=1S/C16H21NO4/c1-10-5-11(2)7-12(6-10)8-17-4-3-13(15(18)19)14(9-17)16(20)21/h5-7,13-14H,3-4,8-9H2,1-2H3,(H,18,19)(H,20,21). The summed E-state index contributed by atoms with van der Waals surface area (Å²) in [5.41, 5.74) is 3.51. The van der Waals surface area contributed by atoms with Crippen molar-refractivity contribution in [3.8, 4) is 0 Å². The highest BCUT2D eigenvalue weighted by Gasteiger charge is 2.38. The summed E-state index contributed by atoms with van der Waals surface area (Å²) in [5, 5.41) is 18.4. The number of carbonyl (C=O) groups is 2. The van der Waals surface area contributed by atoms with Gasteiger partial charge in [0.05, 0.1) is 11.8 Å². The average molecular weight is 291 g/mol. The third-order valence-corrected chi connectivity index (χ3v) is 4.02. The number of likely N-dealkylation sites (tertiary alicyclic amines) is 1. The fraction of sp³-hybridized carbons (Fsp3) is 0.500. The quantitative estimate of drug-likeness (QED) is 0.886. The molecule has 2 N–H and O–H groups in total. The zero-order valence-corrected chi connectivity index (χ0v) is 12.4. The fourth-order valence-corrected chi connectivity index (χ4v) is 3.13. The maximum atomic E-state index is 11.3. The third kappa shape index (κ3) is 3.82. The van der Waals surface area contributed by atoms with Crippen LogP contribution < -0.4 is 0 Å². The van der Waals surface area contributed by atoms with E-state index in [4.69, 9.17) is 5.11 Å². The normalized spacial score (nSPS) is 23.0. The Morgan fingerprint density at radius 3 is 2.19 bits per heavy atom. The van der Waals surface area contributed by atoms with Crippen molar-refractivity contribution < 1.29 is 19.8 Å². The molecule has 2 rings (SSSR count). The van der Waals surface area contributed by atoms with E-state index in [9.17, 15) is 14.7 Å². The number of piperidine rings is 1. The monoisotopic (exact) mass is 291 g/mol. The highest BCUT2D eigenvalue weighted by molar-refractivity contribution is 5.80. The van der Waals surface area contributed by atoms with Crippen molar-refractivity contribution >= 4 is 11.9 Å². The van der Waals surface area contributed by atoms with Gasteiger partial charge in [-0.2, -0.15) is 0 Å². The van der Waals surface area contributed by atoms with Crippen LogP contribution in [0.3, 0.4) is 0 Å².